The first kappa shape index (κ1) is 19.5. The predicted molar refractivity (Wildman–Crippen MR) is 117 cm³/mol. The molecule has 0 fully saturated rings. The summed E-state index contributed by atoms with van der Waals surface area (Å²) in [7, 11) is 0. The molecule has 0 aromatic heterocycles. The van der Waals surface area contributed by atoms with Gasteiger partial charge in [-0.3, -0.25) is 9.69 Å². The maximum Gasteiger partial charge on any atom is 0.242 e. The largest absolute Gasteiger partial charge is 0.358 e. The van der Waals surface area contributed by atoms with Gasteiger partial charge in [-0.25, -0.2) is 0 Å². The van der Waals surface area contributed by atoms with E-state index in [1.165, 1.54) is 11.8 Å². The van der Waals surface area contributed by atoms with Gasteiger partial charge in [-0.05, 0) is 44.2 Å². The Labute approximate surface area is 173 Å². The first-order valence-corrected chi connectivity index (χ1v) is 10.9. The molecule has 3 nitrogen and oxygen atoms in total. The number of thioether (sulfide) groups is 1. The summed E-state index contributed by atoms with van der Waals surface area (Å²) < 4.78 is 0.759. The third-order valence-electron chi connectivity index (χ3n) is 4.08. The van der Waals surface area contributed by atoms with Gasteiger partial charge in [0.25, 0.3) is 0 Å². The molecule has 0 saturated heterocycles. The number of anilines is 2. The Morgan fingerprint density at radius 3 is 2.58 bits per heavy atom. The Kier molecular flexibility index (Phi) is 6.51. The van der Waals surface area contributed by atoms with Crippen LogP contribution in [0.1, 0.15) is 13.8 Å². The Bertz CT molecular complexity index is 839. The average molecular weight is 423 g/mol. The summed E-state index contributed by atoms with van der Waals surface area (Å²) in [5.41, 5.74) is 1.73. The lowest BCUT2D eigenvalue weighted by Gasteiger charge is -2.31. The second-order valence-corrected chi connectivity index (χ2v) is 8.77. The zero-order valence-corrected chi connectivity index (χ0v) is 17.8. The molecular formula is C19H19ClN2OS3. The van der Waals surface area contributed by atoms with E-state index in [4.69, 9.17) is 23.8 Å². The molecule has 2 aromatic carbocycles. The second-order valence-electron chi connectivity index (χ2n) is 5.64. The first-order chi connectivity index (χ1) is 12.5. The number of hydrogen-bond donors (Lipinski definition) is 0. The number of hydrogen-bond acceptors (Lipinski definition) is 4. The fourth-order valence-electron chi connectivity index (χ4n) is 2.76. The van der Waals surface area contributed by atoms with E-state index in [2.05, 4.69) is 18.7 Å². The highest BCUT2D eigenvalue weighted by Crippen LogP contribution is 2.48. The van der Waals surface area contributed by atoms with Gasteiger partial charge in [0.15, 0.2) is 0 Å². The van der Waals surface area contributed by atoms with Crippen LogP contribution in [0.15, 0.2) is 52.3 Å². The lowest BCUT2D eigenvalue weighted by molar-refractivity contribution is -0.115. The van der Waals surface area contributed by atoms with Crippen molar-refractivity contribution in [3.63, 3.8) is 0 Å². The number of para-hydroxylation sites is 1. The molecule has 1 aliphatic heterocycles. The van der Waals surface area contributed by atoms with Gasteiger partial charge < -0.3 is 4.90 Å². The third-order valence-corrected chi connectivity index (χ3v) is 6.95. The Morgan fingerprint density at radius 1 is 1.15 bits per heavy atom. The minimum absolute atomic E-state index is 0.000716. The molecular weight excluding hydrogens is 404 g/mol. The molecule has 1 heterocycles. The van der Waals surface area contributed by atoms with Crippen molar-refractivity contribution >= 4 is 68.9 Å². The summed E-state index contributed by atoms with van der Waals surface area (Å²) in [6.07, 6.45) is 0. The molecule has 0 N–H and O–H groups in total. The Hall–Kier alpha value is -1.21. The number of fused-ring (bicyclic) bond motifs is 2. The molecule has 0 bridgehead atoms. The topological polar surface area (TPSA) is 23.6 Å². The van der Waals surface area contributed by atoms with Gasteiger partial charge in [0.2, 0.25) is 5.91 Å². The zero-order valence-electron chi connectivity index (χ0n) is 14.6. The van der Waals surface area contributed by atoms with Crippen molar-refractivity contribution in [2.75, 3.05) is 23.7 Å². The first-order valence-electron chi connectivity index (χ1n) is 8.36. The highest BCUT2D eigenvalue weighted by molar-refractivity contribution is 8.23. The predicted octanol–water partition coefficient (Wildman–Crippen LogP) is 5.83. The quantitative estimate of drug-likeness (QED) is 0.577. The van der Waals surface area contributed by atoms with Crippen molar-refractivity contribution in [3.8, 4) is 0 Å². The second kappa shape index (κ2) is 8.65. The molecule has 0 spiro atoms. The number of carbonyl (C=O) groups excluding carboxylic acids is 1. The van der Waals surface area contributed by atoms with Crippen molar-refractivity contribution in [2.45, 2.75) is 23.6 Å². The smallest absolute Gasteiger partial charge is 0.242 e. The van der Waals surface area contributed by atoms with Crippen LogP contribution < -0.4 is 4.90 Å². The van der Waals surface area contributed by atoms with Crippen LogP contribution in [0.5, 0.6) is 0 Å². The number of carbonyl (C=O) groups is 1. The molecule has 26 heavy (non-hydrogen) atoms. The normalized spacial score (nSPS) is 12.3. The van der Waals surface area contributed by atoms with Crippen molar-refractivity contribution in [1.29, 1.82) is 0 Å². The lowest BCUT2D eigenvalue weighted by atomic mass is 10.2. The average Bonchev–Trinajstić information content (AvgIpc) is 2.65. The van der Waals surface area contributed by atoms with Crippen LogP contribution in [-0.4, -0.2) is 34.0 Å². The van der Waals surface area contributed by atoms with Gasteiger partial charge in [0.1, 0.15) is 4.32 Å². The number of amides is 1. The fraction of sp³-hybridized carbons (Fsp3) is 0.263. The number of halogens is 1. The molecule has 0 saturated carbocycles. The van der Waals surface area contributed by atoms with E-state index >= 15 is 0 Å². The highest BCUT2D eigenvalue weighted by atomic mass is 35.5. The maximum atomic E-state index is 13.1. The van der Waals surface area contributed by atoms with E-state index in [1.807, 2.05) is 42.5 Å². The zero-order chi connectivity index (χ0) is 18.7. The van der Waals surface area contributed by atoms with Gasteiger partial charge >= 0.3 is 0 Å². The molecule has 0 atom stereocenters. The van der Waals surface area contributed by atoms with Crippen LogP contribution >= 0.6 is 47.3 Å². The minimum atomic E-state index is 0.000716. The number of rotatable bonds is 4. The van der Waals surface area contributed by atoms with E-state index in [-0.39, 0.29) is 5.91 Å². The lowest BCUT2D eigenvalue weighted by Crippen LogP contribution is -2.32. The molecule has 2 aromatic rings. The van der Waals surface area contributed by atoms with Gasteiger partial charge in [-0.1, -0.05) is 59.5 Å². The molecule has 0 unspecified atom stereocenters. The van der Waals surface area contributed by atoms with E-state index in [1.54, 1.807) is 16.7 Å². The van der Waals surface area contributed by atoms with Crippen molar-refractivity contribution in [2.24, 2.45) is 0 Å². The number of benzene rings is 2. The molecule has 1 aliphatic rings. The van der Waals surface area contributed by atoms with E-state index in [0.717, 1.165) is 38.6 Å². The number of nitrogens with zero attached hydrogens (tertiary/aromatic N) is 2. The van der Waals surface area contributed by atoms with Gasteiger partial charge in [-0.2, -0.15) is 0 Å². The monoisotopic (exact) mass is 422 g/mol. The van der Waals surface area contributed by atoms with Crippen LogP contribution in [-0.2, 0) is 4.79 Å². The molecule has 3 rings (SSSR count). The number of thiocarbonyl (C=S) groups is 1. The summed E-state index contributed by atoms with van der Waals surface area (Å²) in [6.45, 7) is 5.82. The molecule has 1 amide bonds. The van der Waals surface area contributed by atoms with Crippen molar-refractivity contribution in [1.82, 2.24) is 4.90 Å². The SMILES string of the molecule is CCN(CC)C(=S)SCC(=O)N1c2ccccc2Sc2ccc(Cl)cc21. The van der Waals surface area contributed by atoms with Gasteiger partial charge in [0.05, 0.1) is 17.1 Å². The molecule has 7 heteroatoms. The maximum absolute atomic E-state index is 13.1. The summed E-state index contributed by atoms with van der Waals surface area (Å²) >= 11 is 14.7. The molecule has 136 valence electrons. The van der Waals surface area contributed by atoms with Crippen LogP contribution in [0, 0.1) is 0 Å². The Balaban J connectivity index is 1.88. The minimum Gasteiger partial charge on any atom is -0.358 e. The van der Waals surface area contributed by atoms with E-state index < -0.39 is 0 Å². The van der Waals surface area contributed by atoms with Crippen LogP contribution in [0.3, 0.4) is 0 Å². The van der Waals surface area contributed by atoms with Crippen molar-refractivity contribution < 1.29 is 4.79 Å². The summed E-state index contributed by atoms with van der Waals surface area (Å²) in [5.74, 6) is 0.293. The molecule has 0 radical (unpaired) electrons. The highest BCUT2D eigenvalue weighted by Gasteiger charge is 2.28. The standard InChI is InChI=1S/C19H19ClN2OS3/c1-3-21(4-2)19(24)25-12-18(23)22-14-7-5-6-8-16(14)26-17-10-9-13(20)11-15(17)22/h5-11H,3-4,12H2,1-2H3. The summed E-state index contributed by atoms with van der Waals surface area (Å²) in [6, 6.07) is 13.6. The van der Waals surface area contributed by atoms with E-state index in [9.17, 15) is 4.79 Å². The fourth-order valence-corrected chi connectivity index (χ4v) is 5.21. The summed E-state index contributed by atoms with van der Waals surface area (Å²) in [5, 5.41) is 0.618. The van der Waals surface area contributed by atoms with Gasteiger partial charge in [0, 0.05) is 27.9 Å². The third kappa shape index (κ3) is 4.03. The van der Waals surface area contributed by atoms with Crippen LogP contribution in [0.4, 0.5) is 11.4 Å². The summed E-state index contributed by atoms with van der Waals surface area (Å²) in [4.78, 5) is 19.1. The van der Waals surface area contributed by atoms with Crippen LogP contribution in [0.25, 0.3) is 0 Å². The Morgan fingerprint density at radius 2 is 1.85 bits per heavy atom. The molecule has 0 aliphatic carbocycles. The van der Waals surface area contributed by atoms with Crippen LogP contribution in [0.2, 0.25) is 5.02 Å². The van der Waals surface area contributed by atoms with Gasteiger partial charge in [-0.15, -0.1) is 0 Å². The van der Waals surface area contributed by atoms with E-state index in [0.29, 0.717) is 10.8 Å². The van der Waals surface area contributed by atoms with Crippen molar-refractivity contribution in [3.05, 3.63) is 47.5 Å².